The van der Waals surface area contributed by atoms with E-state index in [9.17, 15) is 9.59 Å². The third-order valence-corrected chi connectivity index (χ3v) is 5.42. The SMILES string of the molecule is CC(=O)N1CCCC(C(=O)N2CCN(c3ncnc(C)c3C)CC2)C1. The van der Waals surface area contributed by atoms with Gasteiger partial charge in [0.25, 0.3) is 0 Å². The molecule has 2 aliphatic heterocycles. The lowest BCUT2D eigenvalue weighted by Gasteiger charge is -2.39. The molecule has 0 bridgehead atoms. The number of aromatic nitrogens is 2. The van der Waals surface area contributed by atoms with E-state index < -0.39 is 0 Å². The number of amides is 2. The molecular formula is C18H27N5O2. The van der Waals surface area contributed by atoms with Crippen molar-refractivity contribution >= 4 is 17.6 Å². The van der Waals surface area contributed by atoms with Crippen molar-refractivity contribution in [2.24, 2.45) is 5.92 Å². The monoisotopic (exact) mass is 345 g/mol. The molecule has 1 atom stereocenters. The summed E-state index contributed by atoms with van der Waals surface area (Å²) in [5, 5.41) is 0. The number of piperazine rings is 1. The summed E-state index contributed by atoms with van der Waals surface area (Å²) in [6.45, 7) is 9.94. The third kappa shape index (κ3) is 3.75. The summed E-state index contributed by atoms with van der Waals surface area (Å²) in [6.07, 6.45) is 3.40. The first-order valence-electron chi connectivity index (χ1n) is 9.05. The highest BCUT2D eigenvalue weighted by atomic mass is 16.2. The fraction of sp³-hybridized carbons (Fsp3) is 0.667. The van der Waals surface area contributed by atoms with Gasteiger partial charge in [0.2, 0.25) is 11.8 Å². The van der Waals surface area contributed by atoms with E-state index in [1.165, 1.54) is 0 Å². The Hall–Kier alpha value is -2.18. The standard InChI is InChI=1S/C18H27N5O2/c1-13-14(2)19-12-20-17(13)21-7-9-22(10-8-21)18(25)16-5-4-6-23(11-16)15(3)24/h12,16H,4-11H2,1-3H3. The second kappa shape index (κ2) is 7.37. The number of carbonyl (C=O) groups is 2. The number of anilines is 1. The van der Waals surface area contributed by atoms with Crippen molar-refractivity contribution in [3.8, 4) is 0 Å². The fourth-order valence-electron chi connectivity index (χ4n) is 3.71. The van der Waals surface area contributed by atoms with Crippen molar-refractivity contribution in [2.45, 2.75) is 33.6 Å². The molecule has 1 unspecified atom stereocenters. The van der Waals surface area contributed by atoms with E-state index in [1.54, 1.807) is 18.2 Å². The maximum absolute atomic E-state index is 12.8. The summed E-state index contributed by atoms with van der Waals surface area (Å²) >= 11 is 0. The van der Waals surface area contributed by atoms with E-state index >= 15 is 0 Å². The lowest BCUT2D eigenvalue weighted by atomic mass is 9.96. The van der Waals surface area contributed by atoms with Crippen LogP contribution in [-0.4, -0.2) is 70.9 Å². The van der Waals surface area contributed by atoms with Crippen LogP contribution in [0.15, 0.2) is 6.33 Å². The molecule has 0 aliphatic carbocycles. The predicted molar refractivity (Wildman–Crippen MR) is 95.3 cm³/mol. The van der Waals surface area contributed by atoms with Crippen LogP contribution < -0.4 is 4.90 Å². The van der Waals surface area contributed by atoms with Gasteiger partial charge in [0.1, 0.15) is 12.1 Å². The van der Waals surface area contributed by atoms with Gasteiger partial charge in [0.15, 0.2) is 0 Å². The van der Waals surface area contributed by atoms with Crippen molar-refractivity contribution in [3.63, 3.8) is 0 Å². The van der Waals surface area contributed by atoms with E-state index in [0.29, 0.717) is 19.6 Å². The van der Waals surface area contributed by atoms with E-state index in [-0.39, 0.29) is 17.7 Å². The molecule has 0 N–H and O–H groups in total. The highest BCUT2D eigenvalue weighted by Gasteiger charge is 2.32. The molecule has 25 heavy (non-hydrogen) atoms. The van der Waals surface area contributed by atoms with Crippen molar-refractivity contribution in [3.05, 3.63) is 17.6 Å². The van der Waals surface area contributed by atoms with Crippen LogP contribution in [-0.2, 0) is 9.59 Å². The van der Waals surface area contributed by atoms with Crippen LogP contribution in [0.25, 0.3) is 0 Å². The van der Waals surface area contributed by atoms with Crippen LogP contribution in [0.5, 0.6) is 0 Å². The number of carbonyl (C=O) groups excluding carboxylic acids is 2. The van der Waals surface area contributed by atoms with Gasteiger partial charge < -0.3 is 14.7 Å². The normalized spacial score (nSPS) is 21.4. The van der Waals surface area contributed by atoms with Crippen molar-refractivity contribution in [1.29, 1.82) is 0 Å². The molecule has 7 nitrogen and oxygen atoms in total. The minimum absolute atomic E-state index is 0.0489. The maximum Gasteiger partial charge on any atom is 0.227 e. The van der Waals surface area contributed by atoms with Gasteiger partial charge in [-0.05, 0) is 26.7 Å². The van der Waals surface area contributed by atoms with Gasteiger partial charge in [0.05, 0.1) is 5.92 Å². The Morgan fingerprint density at radius 1 is 1.04 bits per heavy atom. The van der Waals surface area contributed by atoms with E-state index in [0.717, 1.165) is 49.6 Å². The molecule has 7 heteroatoms. The zero-order chi connectivity index (χ0) is 18.0. The number of aryl methyl sites for hydroxylation is 1. The van der Waals surface area contributed by atoms with E-state index in [4.69, 9.17) is 0 Å². The van der Waals surface area contributed by atoms with Crippen LogP contribution in [0.1, 0.15) is 31.0 Å². The van der Waals surface area contributed by atoms with Crippen LogP contribution in [0.2, 0.25) is 0 Å². The second-order valence-corrected chi connectivity index (χ2v) is 7.02. The largest absolute Gasteiger partial charge is 0.353 e. The second-order valence-electron chi connectivity index (χ2n) is 7.02. The molecule has 3 heterocycles. The molecular weight excluding hydrogens is 318 g/mol. The fourth-order valence-corrected chi connectivity index (χ4v) is 3.71. The minimum Gasteiger partial charge on any atom is -0.353 e. The first-order chi connectivity index (χ1) is 12.0. The molecule has 2 fully saturated rings. The van der Waals surface area contributed by atoms with Crippen LogP contribution >= 0.6 is 0 Å². The Kier molecular flexibility index (Phi) is 5.20. The lowest BCUT2D eigenvalue weighted by molar-refractivity contribution is -0.140. The van der Waals surface area contributed by atoms with Gasteiger partial charge in [-0.15, -0.1) is 0 Å². The molecule has 2 saturated heterocycles. The van der Waals surface area contributed by atoms with Gasteiger partial charge in [-0.3, -0.25) is 9.59 Å². The van der Waals surface area contributed by atoms with E-state index in [1.807, 2.05) is 18.7 Å². The first-order valence-corrected chi connectivity index (χ1v) is 9.05. The number of hydrogen-bond donors (Lipinski definition) is 0. The Morgan fingerprint density at radius 2 is 1.76 bits per heavy atom. The first kappa shape index (κ1) is 17.6. The van der Waals surface area contributed by atoms with Crippen molar-refractivity contribution in [1.82, 2.24) is 19.8 Å². The molecule has 136 valence electrons. The minimum atomic E-state index is -0.0489. The zero-order valence-corrected chi connectivity index (χ0v) is 15.4. The van der Waals surface area contributed by atoms with Gasteiger partial charge in [-0.25, -0.2) is 9.97 Å². The van der Waals surface area contributed by atoms with Gasteiger partial charge in [-0.2, -0.15) is 0 Å². The average Bonchev–Trinajstić information content (AvgIpc) is 2.63. The van der Waals surface area contributed by atoms with E-state index in [2.05, 4.69) is 14.9 Å². The zero-order valence-electron chi connectivity index (χ0n) is 15.4. The summed E-state index contributed by atoms with van der Waals surface area (Å²) in [5.41, 5.74) is 2.10. The van der Waals surface area contributed by atoms with Crippen LogP contribution in [0.4, 0.5) is 5.82 Å². The Labute approximate surface area is 149 Å². The molecule has 0 aromatic carbocycles. The number of hydrogen-bond acceptors (Lipinski definition) is 5. The van der Waals surface area contributed by atoms with Gasteiger partial charge in [0, 0.05) is 57.4 Å². The molecule has 0 radical (unpaired) electrons. The summed E-state index contributed by atoms with van der Waals surface area (Å²) in [4.78, 5) is 39.0. The number of piperidine rings is 1. The third-order valence-electron chi connectivity index (χ3n) is 5.42. The molecule has 1 aromatic heterocycles. The summed E-state index contributed by atoms with van der Waals surface area (Å²) in [7, 11) is 0. The Balaban J connectivity index is 1.59. The molecule has 2 amide bonds. The smallest absolute Gasteiger partial charge is 0.227 e. The molecule has 0 saturated carbocycles. The average molecular weight is 345 g/mol. The maximum atomic E-state index is 12.8. The molecule has 0 spiro atoms. The molecule has 2 aliphatic rings. The van der Waals surface area contributed by atoms with Crippen molar-refractivity contribution in [2.75, 3.05) is 44.2 Å². The van der Waals surface area contributed by atoms with Crippen molar-refractivity contribution < 1.29 is 9.59 Å². The Bertz CT molecular complexity index is 655. The number of nitrogens with zero attached hydrogens (tertiary/aromatic N) is 5. The van der Waals surface area contributed by atoms with Crippen LogP contribution in [0, 0.1) is 19.8 Å². The van der Waals surface area contributed by atoms with Gasteiger partial charge >= 0.3 is 0 Å². The lowest BCUT2D eigenvalue weighted by Crippen LogP contribution is -2.53. The summed E-state index contributed by atoms with van der Waals surface area (Å²) < 4.78 is 0. The number of rotatable bonds is 2. The summed E-state index contributed by atoms with van der Waals surface area (Å²) in [5.74, 6) is 1.19. The quantitative estimate of drug-likeness (QED) is 0.800. The molecule has 1 aromatic rings. The Morgan fingerprint density at radius 3 is 2.44 bits per heavy atom. The van der Waals surface area contributed by atoms with Gasteiger partial charge in [-0.1, -0.05) is 0 Å². The number of likely N-dealkylation sites (tertiary alicyclic amines) is 1. The van der Waals surface area contributed by atoms with Crippen LogP contribution in [0.3, 0.4) is 0 Å². The highest BCUT2D eigenvalue weighted by Crippen LogP contribution is 2.22. The topological polar surface area (TPSA) is 69.6 Å². The highest BCUT2D eigenvalue weighted by molar-refractivity contribution is 5.81. The predicted octanol–water partition coefficient (Wildman–Crippen LogP) is 1.00. The summed E-state index contributed by atoms with van der Waals surface area (Å²) in [6, 6.07) is 0. The molecule has 3 rings (SSSR count).